The molecule has 3 nitrogen and oxygen atoms in total. The van der Waals surface area contributed by atoms with Crippen LogP contribution >= 0.6 is 11.3 Å². The highest BCUT2D eigenvalue weighted by atomic mass is 32.1. The summed E-state index contributed by atoms with van der Waals surface area (Å²) < 4.78 is 0. The van der Waals surface area contributed by atoms with E-state index in [4.69, 9.17) is 0 Å². The SMILES string of the molecule is CC(NCc1cc2c(s1)CCC2)C(=O)N1CCCCC1. The summed E-state index contributed by atoms with van der Waals surface area (Å²) in [5, 5.41) is 3.40. The molecule has 1 aromatic heterocycles. The second-order valence-electron chi connectivity index (χ2n) is 6.00. The van der Waals surface area contributed by atoms with Crippen LogP contribution in [0.1, 0.15) is 47.9 Å². The molecule has 1 saturated heterocycles. The van der Waals surface area contributed by atoms with Crippen molar-refractivity contribution in [1.82, 2.24) is 10.2 Å². The maximum Gasteiger partial charge on any atom is 0.239 e. The van der Waals surface area contributed by atoms with Gasteiger partial charge in [0.1, 0.15) is 0 Å². The zero-order chi connectivity index (χ0) is 13.9. The Bertz CT molecular complexity index is 455. The van der Waals surface area contributed by atoms with Crippen LogP contribution in [0.2, 0.25) is 0 Å². The Morgan fingerprint density at radius 2 is 2.10 bits per heavy atom. The van der Waals surface area contributed by atoms with Gasteiger partial charge in [-0.3, -0.25) is 4.79 Å². The van der Waals surface area contributed by atoms with Gasteiger partial charge in [0.15, 0.2) is 0 Å². The first-order valence-corrected chi connectivity index (χ1v) is 8.68. The molecule has 0 saturated carbocycles. The molecule has 3 rings (SSSR count). The van der Waals surface area contributed by atoms with E-state index >= 15 is 0 Å². The first kappa shape index (κ1) is 14.1. The maximum atomic E-state index is 12.3. The summed E-state index contributed by atoms with van der Waals surface area (Å²) in [4.78, 5) is 17.3. The zero-order valence-corrected chi connectivity index (χ0v) is 13.1. The van der Waals surface area contributed by atoms with E-state index in [0.717, 1.165) is 32.5 Å². The molecule has 0 spiro atoms. The number of carbonyl (C=O) groups is 1. The molecule has 2 heterocycles. The molecule has 2 aliphatic rings. The lowest BCUT2D eigenvalue weighted by Gasteiger charge is -2.29. The second kappa shape index (κ2) is 6.27. The first-order chi connectivity index (χ1) is 9.74. The number of thiophene rings is 1. The van der Waals surface area contributed by atoms with Gasteiger partial charge in [0.25, 0.3) is 0 Å². The third-order valence-electron chi connectivity index (χ3n) is 4.42. The van der Waals surface area contributed by atoms with Crippen LogP contribution in [0.4, 0.5) is 0 Å². The fourth-order valence-electron chi connectivity index (χ4n) is 3.21. The van der Waals surface area contributed by atoms with Crippen LogP contribution in [0.15, 0.2) is 6.07 Å². The van der Waals surface area contributed by atoms with Crippen molar-refractivity contribution >= 4 is 17.2 Å². The lowest BCUT2D eigenvalue weighted by Crippen LogP contribution is -2.46. The van der Waals surface area contributed by atoms with Gasteiger partial charge in [-0.25, -0.2) is 0 Å². The molecule has 1 aliphatic heterocycles. The van der Waals surface area contributed by atoms with Crippen molar-refractivity contribution in [3.8, 4) is 0 Å². The number of amides is 1. The first-order valence-electron chi connectivity index (χ1n) is 7.86. The Morgan fingerprint density at radius 1 is 1.30 bits per heavy atom. The topological polar surface area (TPSA) is 32.3 Å². The molecule has 1 aromatic rings. The number of nitrogens with zero attached hydrogens (tertiary/aromatic N) is 1. The Hall–Kier alpha value is -0.870. The summed E-state index contributed by atoms with van der Waals surface area (Å²) in [6, 6.07) is 2.27. The van der Waals surface area contributed by atoms with Crippen LogP contribution < -0.4 is 5.32 Å². The summed E-state index contributed by atoms with van der Waals surface area (Å²) in [5.74, 6) is 0.272. The van der Waals surface area contributed by atoms with E-state index in [1.54, 1.807) is 10.4 Å². The fraction of sp³-hybridized carbons (Fsp3) is 0.688. The molecule has 1 fully saturated rings. The number of likely N-dealkylation sites (tertiary alicyclic amines) is 1. The van der Waals surface area contributed by atoms with Gasteiger partial charge < -0.3 is 10.2 Å². The van der Waals surface area contributed by atoms with Crippen molar-refractivity contribution in [2.24, 2.45) is 0 Å². The third-order valence-corrected chi connectivity index (χ3v) is 5.66. The zero-order valence-electron chi connectivity index (χ0n) is 12.3. The number of piperidine rings is 1. The third kappa shape index (κ3) is 3.07. The number of fused-ring (bicyclic) bond motifs is 1. The minimum Gasteiger partial charge on any atom is -0.341 e. The predicted molar refractivity (Wildman–Crippen MR) is 83.1 cm³/mol. The normalized spacial score (nSPS) is 19.9. The van der Waals surface area contributed by atoms with Crippen LogP contribution in [0.5, 0.6) is 0 Å². The molecule has 0 aromatic carbocycles. The summed E-state index contributed by atoms with van der Waals surface area (Å²) >= 11 is 1.92. The van der Waals surface area contributed by atoms with Crippen LogP contribution in [0.3, 0.4) is 0 Å². The van der Waals surface area contributed by atoms with Gasteiger partial charge in [-0.1, -0.05) is 0 Å². The van der Waals surface area contributed by atoms with E-state index < -0.39 is 0 Å². The van der Waals surface area contributed by atoms with E-state index in [2.05, 4.69) is 11.4 Å². The molecule has 1 atom stereocenters. The van der Waals surface area contributed by atoms with Crippen molar-refractivity contribution in [1.29, 1.82) is 0 Å². The number of hydrogen-bond acceptors (Lipinski definition) is 3. The Labute approximate surface area is 125 Å². The second-order valence-corrected chi connectivity index (χ2v) is 7.22. The summed E-state index contributed by atoms with van der Waals surface area (Å²) in [5.41, 5.74) is 1.54. The molecule has 1 N–H and O–H groups in total. The standard InChI is InChI=1S/C16H24N2OS/c1-12(16(19)18-8-3-2-4-9-18)17-11-14-10-13-6-5-7-15(13)20-14/h10,12,17H,2-9,11H2,1H3. The summed E-state index contributed by atoms with van der Waals surface area (Å²) in [6.45, 7) is 4.72. The highest BCUT2D eigenvalue weighted by Crippen LogP contribution is 2.30. The monoisotopic (exact) mass is 292 g/mol. The number of nitrogens with one attached hydrogen (secondary N) is 1. The van der Waals surface area contributed by atoms with Gasteiger partial charge in [0.2, 0.25) is 5.91 Å². The Kier molecular flexibility index (Phi) is 4.41. The minimum absolute atomic E-state index is 0.0648. The van der Waals surface area contributed by atoms with Crippen molar-refractivity contribution < 1.29 is 4.79 Å². The molecule has 0 bridgehead atoms. The lowest BCUT2D eigenvalue weighted by molar-refractivity contribution is -0.133. The van der Waals surface area contributed by atoms with Gasteiger partial charge in [-0.2, -0.15) is 0 Å². The Balaban J connectivity index is 1.50. The molecule has 20 heavy (non-hydrogen) atoms. The molecule has 4 heteroatoms. The van der Waals surface area contributed by atoms with Gasteiger partial charge in [0, 0.05) is 29.4 Å². The lowest BCUT2D eigenvalue weighted by atomic mass is 10.1. The number of carbonyl (C=O) groups excluding carboxylic acids is 1. The molecule has 1 aliphatic carbocycles. The fourth-order valence-corrected chi connectivity index (χ4v) is 4.42. The highest BCUT2D eigenvalue weighted by Gasteiger charge is 2.22. The van der Waals surface area contributed by atoms with Crippen molar-refractivity contribution in [2.75, 3.05) is 13.1 Å². The van der Waals surface area contributed by atoms with Crippen LogP contribution in [-0.4, -0.2) is 29.9 Å². The van der Waals surface area contributed by atoms with Gasteiger partial charge in [-0.15, -0.1) is 11.3 Å². The van der Waals surface area contributed by atoms with E-state index in [9.17, 15) is 4.79 Å². The van der Waals surface area contributed by atoms with Crippen molar-refractivity contribution in [3.05, 3.63) is 21.4 Å². The van der Waals surface area contributed by atoms with Gasteiger partial charge >= 0.3 is 0 Å². The summed E-state index contributed by atoms with van der Waals surface area (Å²) in [6.07, 6.45) is 7.41. The average Bonchev–Trinajstić information content (AvgIpc) is 3.06. The Morgan fingerprint density at radius 3 is 2.85 bits per heavy atom. The minimum atomic E-state index is -0.0648. The van der Waals surface area contributed by atoms with E-state index in [-0.39, 0.29) is 11.9 Å². The number of rotatable bonds is 4. The van der Waals surface area contributed by atoms with E-state index in [0.29, 0.717) is 0 Å². The van der Waals surface area contributed by atoms with Crippen LogP contribution in [0.25, 0.3) is 0 Å². The molecule has 0 radical (unpaired) electrons. The van der Waals surface area contributed by atoms with Crippen LogP contribution in [0, 0.1) is 0 Å². The van der Waals surface area contributed by atoms with Crippen molar-refractivity contribution in [3.63, 3.8) is 0 Å². The molecule has 1 unspecified atom stereocenters. The number of hydrogen-bond donors (Lipinski definition) is 1. The molecule has 1 amide bonds. The largest absolute Gasteiger partial charge is 0.341 e. The quantitative estimate of drug-likeness (QED) is 0.925. The predicted octanol–water partition coefficient (Wildman–Crippen LogP) is 2.73. The molecule has 110 valence electrons. The molecular weight excluding hydrogens is 268 g/mol. The van der Waals surface area contributed by atoms with Gasteiger partial charge in [0.05, 0.1) is 6.04 Å². The molecular formula is C16H24N2OS. The maximum absolute atomic E-state index is 12.3. The summed E-state index contributed by atoms with van der Waals surface area (Å²) in [7, 11) is 0. The van der Waals surface area contributed by atoms with E-state index in [1.165, 1.54) is 30.6 Å². The van der Waals surface area contributed by atoms with E-state index in [1.807, 2.05) is 23.2 Å². The van der Waals surface area contributed by atoms with Gasteiger partial charge in [-0.05, 0) is 57.1 Å². The van der Waals surface area contributed by atoms with Crippen LogP contribution in [-0.2, 0) is 24.2 Å². The average molecular weight is 292 g/mol. The number of aryl methyl sites for hydroxylation is 2. The smallest absolute Gasteiger partial charge is 0.239 e. The van der Waals surface area contributed by atoms with Crippen molar-refractivity contribution in [2.45, 2.75) is 58.0 Å². The highest BCUT2D eigenvalue weighted by molar-refractivity contribution is 7.12.